The van der Waals surface area contributed by atoms with Crippen LogP contribution in [-0.4, -0.2) is 74.4 Å². The van der Waals surface area contributed by atoms with Crippen LogP contribution >= 0.6 is 0 Å². The second kappa shape index (κ2) is 7.41. The standard InChI is InChI=1S/C18H31N5O2/c1-12-9-21(10-13(2)25-12)18(24)14(3)22-8-6-7-17(22)11-23-16(5)19-15(4)20-23/h12-14,17H,6-11H2,1-5H3/t12-,13+,14-,17+/m1/s1. The lowest BCUT2D eigenvalue weighted by atomic mass is 10.1. The maximum atomic E-state index is 13.0. The summed E-state index contributed by atoms with van der Waals surface area (Å²) in [5, 5.41) is 4.49. The van der Waals surface area contributed by atoms with Crippen molar-refractivity contribution in [1.82, 2.24) is 24.6 Å². The highest BCUT2D eigenvalue weighted by atomic mass is 16.5. The van der Waals surface area contributed by atoms with Crippen LogP contribution in [0.5, 0.6) is 0 Å². The molecule has 0 radical (unpaired) electrons. The van der Waals surface area contributed by atoms with E-state index in [9.17, 15) is 4.79 Å². The zero-order chi connectivity index (χ0) is 18.1. The Morgan fingerprint density at radius 3 is 2.56 bits per heavy atom. The van der Waals surface area contributed by atoms with Crippen molar-refractivity contribution in [3.8, 4) is 0 Å². The predicted molar refractivity (Wildman–Crippen MR) is 95.3 cm³/mol. The van der Waals surface area contributed by atoms with Gasteiger partial charge in [-0.15, -0.1) is 0 Å². The van der Waals surface area contributed by atoms with Gasteiger partial charge >= 0.3 is 0 Å². The molecular weight excluding hydrogens is 318 g/mol. The molecule has 2 fully saturated rings. The molecule has 0 saturated carbocycles. The summed E-state index contributed by atoms with van der Waals surface area (Å²) < 4.78 is 7.74. The highest BCUT2D eigenvalue weighted by Gasteiger charge is 2.36. The van der Waals surface area contributed by atoms with Crippen LogP contribution in [0.25, 0.3) is 0 Å². The molecule has 7 heteroatoms. The summed E-state index contributed by atoms with van der Waals surface area (Å²) in [6.45, 7) is 13.2. The number of aryl methyl sites for hydroxylation is 2. The van der Waals surface area contributed by atoms with Crippen LogP contribution in [0.15, 0.2) is 0 Å². The molecule has 0 N–H and O–H groups in total. The molecule has 0 spiro atoms. The number of carbonyl (C=O) groups is 1. The maximum absolute atomic E-state index is 13.0. The Bertz CT molecular complexity index is 607. The quantitative estimate of drug-likeness (QED) is 0.822. The fourth-order valence-electron chi connectivity index (χ4n) is 4.26. The topological polar surface area (TPSA) is 63.5 Å². The number of likely N-dealkylation sites (tertiary alicyclic amines) is 1. The smallest absolute Gasteiger partial charge is 0.239 e. The lowest BCUT2D eigenvalue weighted by molar-refractivity contribution is -0.148. The molecule has 3 heterocycles. The van der Waals surface area contributed by atoms with Gasteiger partial charge in [0.15, 0.2) is 0 Å². The predicted octanol–water partition coefficient (Wildman–Crippen LogP) is 1.38. The highest BCUT2D eigenvalue weighted by molar-refractivity contribution is 5.81. The first-order valence-corrected chi connectivity index (χ1v) is 9.43. The Balaban J connectivity index is 1.66. The summed E-state index contributed by atoms with van der Waals surface area (Å²) in [6, 6.07) is 0.240. The van der Waals surface area contributed by atoms with E-state index >= 15 is 0 Å². The summed E-state index contributed by atoms with van der Waals surface area (Å²) >= 11 is 0. The molecule has 0 bridgehead atoms. The third-order valence-corrected chi connectivity index (χ3v) is 5.36. The molecule has 25 heavy (non-hydrogen) atoms. The van der Waals surface area contributed by atoms with Crippen molar-refractivity contribution in [2.45, 2.75) is 78.3 Å². The van der Waals surface area contributed by atoms with Crippen molar-refractivity contribution in [2.75, 3.05) is 19.6 Å². The van der Waals surface area contributed by atoms with E-state index in [1.165, 1.54) is 0 Å². The van der Waals surface area contributed by atoms with Gasteiger partial charge in [0.25, 0.3) is 0 Å². The minimum Gasteiger partial charge on any atom is -0.372 e. The van der Waals surface area contributed by atoms with Crippen LogP contribution in [0.3, 0.4) is 0 Å². The molecule has 0 unspecified atom stereocenters. The number of rotatable bonds is 4. The van der Waals surface area contributed by atoms with E-state index in [1.54, 1.807) is 0 Å². The van der Waals surface area contributed by atoms with Gasteiger partial charge in [-0.05, 0) is 54.0 Å². The van der Waals surface area contributed by atoms with Crippen molar-refractivity contribution >= 4 is 5.91 Å². The van der Waals surface area contributed by atoms with Gasteiger partial charge in [-0.1, -0.05) is 0 Å². The fraction of sp³-hybridized carbons (Fsp3) is 0.833. The molecule has 1 aromatic rings. The summed E-state index contributed by atoms with van der Waals surface area (Å²) in [4.78, 5) is 21.8. The van der Waals surface area contributed by atoms with E-state index < -0.39 is 0 Å². The van der Waals surface area contributed by atoms with E-state index in [0.717, 1.165) is 37.6 Å². The molecule has 1 aromatic heterocycles. The summed E-state index contributed by atoms with van der Waals surface area (Å²) in [5.74, 6) is 1.97. The first-order chi connectivity index (χ1) is 11.8. The normalized spacial score (nSPS) is 29.2. The Morgan fingerprint density at radius 1 is 1.28 bits per heavy atom. The molecule has 0 aliphatic carbocycles. The molecule has 4 atom stereocenters. The SMILES string of the molecule is Cc1nc(C)n(C[C@@H]2CCCN2[C@H](C)C(=O)N2C[C@@H](C)O[C@@H](C)C2)n1. The lowest BCUT2D eigenvalue weighted by Crippen LogP contribution is -2.55. The number of ether oxygens (including phenoxy) is 1. The van der Waals surface area contributed by atoms with Crippen LogP contribution in [-0.2, 0) is 16.1 Å². The van der Waals surface area contributed by atoms with Crippen molar-refractivity contribution in [3.63, 3.8) is 0 Å². The van der Waals surface area contributed by atoms with Crippen LogP contribution in [0, 0.1) is 13.8 Å². The van der Waals surface area contributed by atoms with E-state index in [-0.39, 0.29) is 24.2 Å². The average Bonchev–Trinajstić information content (AvgIpc) is 3.11. The van der Waals surface area contributed by atoms with Gasteiger partial charge in [-0.25, -0.2) is 9.67 Å². The van der Waals surface area contributed by atoms with Crippen LogP contribution in [0.2, 0.25) is 0 Å². The third kappa shape index (κ3) is 4.03. The van der Waals surface area contributed by atoms with E-state index in [0.29, 0.717) is 19.1 Å². The molecule has 1 amide bonds. The Labute approximate surface area is 150 Å². The van der Waals surface area contributed by atoms with E-state index in [1.807, 2.05) is 44.2 Å². The van der Waals surface area contributed by atoms with Gasteiger partial charge in [0.1, 0.15) is 11.6 Å². The first-order valence-electron chi connectivity index (χ1n) is 9.43. The summed E-state index contributed by atoms with van der Waals surface area (Å²) in [5.41, 5.74) is 0. The molecule has 2 saturated heterocycles. The number of nitrogens with zero attached hydrogens (tertiary/aromatic N) is 5. The number of hydrogen-bond acceptors (Lipinski definition) is 5. The zero-order valence-corrected chi connectivity index (χ0v) is 16.1. The van der Waals surface area contributed by atoms with Gasteiger partial charge in [-0.2, -0.15) is 5.10 Å². The summed E-state index contributed by atoms with van der Waals surface area (Å²) in [7, 11) is 0. The number of morpholine rings is 1. The van der Waals surface area contributed by atoms with Crippen LogP contribution in [0.1, 0.15) is 45.3 Å². The fourth-order valence-corrected chi connectivity index (χ4v) is 4.26. The van der Waals surface area contributed by atoms with Gasteiger partial charge in [0, 0.05) is 19.1 Å². The zero-order valence-electron chi connectivity index (χ0n) is 16.1. The number of carbonyl (C=O) groups excluding carboxylic acids is 1. The minimum absolute atomic E-state index is 0.102. The molecule has 3 rings (SSSR count). The largest absolute Gasteiger partial charge is 0.372 e. The second-order valence-corrected chi connectivity index (χ2v) is 7.60. The second-order valence-electron chi connectivity index (χ2n) is 7.60. The molecular formula is C18H31N5O2. The third-order valence-electron chi connectivity index (χ3n) is 5.36. The van der Waals surface area contributed by atoms with Gasteiger partial charge < -0.3 is 9.64 Å². The van der Waals surface area contributed by atoms with Gasteiger partial charge in [0.2, 0.25) is 5.91 Å². The highest BCUT2D eigenvalue weighted by Crippen LogP contribution is 2.24. The Morgan fingerprint density at radius 2 is 1.96 bits per heavy atom. The van der Waals surface area contributed by atoms with Gasteiger partial charge in [0.05, 0.1) is 24.8 Å². The summed E-state index contributed by atoms with van der Waals surface area (Å²) in [6.07, 6.45) is 2.45. The molecule has 0 aromatic carbocycles. The van der Waals surface area contributed by atoms with Crippen LogP contribution in [0.4, 0.5) is 0 Å². The maximum Gasteiger partial charge on any atom is 0.239 e. The molecule has 2 aliphatic rings. The van der Waals surface area contributed by atoms with E-state index in [4.69, 9.17) is 4.74 Å². The van der Waals surface area contributed by atoms with E-state index in [2.05, 4.69) is 15.0 Å². The van der Waals surface area contributed by atoms with Crippen molar-refractivity contribution in [2.24, 2.45) is 0 Å². The first kappa shape index (κ1) is 18.3. The monoisotopic (exact) mass is 349 g/mol. The lowest BCUT2D eigenvalue weighted by Gasteiger charge is -2.39. The molecule has 7 nitrogen and oxygen atoms in total. The van der Waals surface area contributed by atoms with Gasteiger partial charge in [-0.3, -0.25) is 9.69 Å². The number of amides is 1. The Kier molecular flexibility index (Phi) is 5.43. The Hall–Kier alpha value is -1.47. The molecule has 2 aliphatic heterocycles. The van der Waals surface area contributed by atoms with Crippen LogP contribution < -0.4 is 0 Å². The van der Waals surface area contributed by atoms with Crippen molar-refractivity contribution in [3.05, 3.63) is 11.6 Å². The number of aromatic nitrogens is 3. The minimum atomic E-state index is -0.102. The molecule has 140 valence electrons. The average molecular weight is 349 g/mol. The van der Waals surface area contributed by atoms with Crippen molar-refractivity contribution < 1.29 is 9.53 Å². The van der Waals surface area contributed by atoms with Crippen molar-refractivity contribution in [1.29, 1.82) is 0 Å². The number of hydrogen-bond donors (Lipinski definition) is 0.